The Hall–Kier alpha value is -1.42. The van der Waals surface area contributed by atoms with Crippen molar-refractivity contribution in [1.82, 2.24) is 15.1 Å². The van der Waals surface area contributed by atoms with Gasteiger partial charge >= 0.3 is 12.1 Å². The van der Waals surface area contributed by atoms with Crippen molar-refractivity contribution in [2.24, 2.45) is 0 Å². The first kappa shape index (κ1) is 22.8. The van der Waals surface area contributed by atoms with E-state index in [1.807, 2.05) is 4.90 Å². The van der Waals surface area contributed by atoms with Gasteiger partial charge in [0.25, 0.3) is 0 Å². The van der Waals surface area contributed by atoms with Gasteiger partial charge in [-0.25, -0.2) is 4.79 Å². The van der Waals surface area contributed by atoms with Crippen molar-refractivity contribution in [2.45, 2.75) is 62.4 Å². The molecule has 31 heavy (non-hydrogen) atoms. The first-order valence-corrected chi connectivity index (χ1v) is 11.2. The summed E-state index contributed by atoms with van der Waals surface area (Å²) in [7, 11) is 0. The molecule has 6 nitrogen and oxygen atoms in total. The number of hydrogen-bond donors (Lipinski definition) is 2. The maximum absolute atomic E-state index is 13.7. The summed E-state index contributed by atoms with van der Waals surface area (Å²) in [5.41, 5.74) is -1.15. The predicted molar refractivity (Wildman–Crippen MR) is 110 cm³/mol. The first-order valence-electron chi connectivity index (χ1n) is 11.2. The zero-order valence-electron chi connectivity index (χ0n) is 18.0. The molecule has 0 aromatic heterocycles. The maximum Gasteiger partial charge on any atom is 0.416 e. The lowest BCUT2D eigenvalue weighted by atomic mass is 9.85. The molecular formula is C22H32F3N3O3. The Kier molecular flexibility index (Phi) is 6.24. The van der Waals surface area contributed by atoms with Gasteiger partial charge in [-0.3, -0.25) is 9.80 Å². The van der Waals surface area contributed by atoms with E-state index < -0.39 is 29.4 Å². The topological polar surface area (TPSA) is 65.0 Å². The molecule has 2 unspecified atom stereocenters. The van der Waals surface area contributed by atoms with Crippen molar-refractivity contribution in [2.75, 3.05) is 45.9 Å². The maximum atomic E-state index is 13.7. The van der Waals surface area contributed by atoms with Gasteiger partial charge in [0, 0.05) is 31.2 Å². The smallest absolute Gasteiger partial charge is 0.416 e. The standard InChI is InChI=1S/C22H32F3N3O3/c1-20(19(29)30)15-27(9-10-31-20)18-12-16(11-17(13-18)22(23,24)25)14-28-8-2-3-21(28)4-6-26-7-5-21/h11,13,18,26H,2-10,12,14-15H2,1H3,(H,29,30). The highest BCUT2D eigenvalue weighted by atomic mass is 19.4. The highest BCUT2D eigenvalue weighted by Crippen LogP contribution is 2.40. The largest absolute Gasteiger partial charge is 0.479 e. The fourth-order valence-electron chi connectivity index (χ4n) is 5.64. The highest BCUT2D eigenvalue weighted by Gasteiger charge is 2.45. The fraction of sp³-hybridized carbons (Fsp3) is 0.773. The summed E-state index contributed by atoms with van der Waals surface area (Å²) in [6, 6.07) is -0.481. The number of carboxylic acids is 1. The summed E-state index contributed by atoms with van der Waals surface area (Å²) in [6.45, 7) is 5.53. The van der Waals surface area contributed by atoms with Crippen LogP contribution in [-0.2, 0) is 9.53 Å². The molecule has 4 aliphatic rings. The number of allylic oxidation sites excluding steroid dienone is 2. The van der Waals surface area contributed by atoms with E-state index in [-0.39, 0.29) is 18.7 Å². The number of carboxylic acid groups (broad SMARTS) is 1. The molecule has 1 spiro atoms. The molecule has 4 rings (SSSR count). The second kappa shape index (κ2) is 8.50. The van der Waals surface area contributed by atoms with Gasteiger partial charge < -0.3 is 15.2 Å². The van der Waals surface area contributed by atoms with Gasteiger partial charge in [-0.2, -0.15) is 13.2 Å². The number of carbonyl (C=O) groups is 1. The van der Waals surface area contributed by atoms with Crippen LogP contribution >= 0.6 is 0 Å². The van der Waals surface area contributed by atoms with Crippen LogP contribution in [0.5, 0.6) is 0 Å². The number of nitrogens with one attached hydrogen (secondary N) is 1. The molecule has 1 aliphatic carbocycles. The summed E-state index contributed by atoms with van der Waals surface area (Å²) in [6.07, 6.45) is 2.90. The van der Waals surface area contributed by atoms with E-state index in [4.69, 9.17) is 4.74 Å². The minimum Gasteiger partial charge on any atom is -0.479 e. The molecule has 0 amide bonds. The van der Waals surface area contributed by atoms with Gasteiger partial charge in [0.15, 0.2) is 5.60 Å². The van der Waals surface area contributed by atoms with Gasteiger partial charge in [0.2, 0.25) is 0 Å². The van der Waals surface area contributed by atoms with E-state index in [9.17, 15) is 23.1 Å². The quantitative estimate of drug-likeness (QED) is 0.697. The number of hydrogen-bond acceptors (Lipinski definition) is 5. The number of rotatable bonds is 4. The van der Waals surface area contributed by atoms with E-state index >= 15 is 0 Å². The van der Waals surface area contributed by atoms with Crippen LogP contribution in [-0.4, -0.2) is 90.1 Å². The summed E-state index contributed by atoms with van der Waals surface area (Å²) in [5.74, 6) is -1.09. The minimum absolute atomic E-state index is 0.0707. The number of morpholine rings is 1. The van der Waals surface area contributed by atoms with E-state index in [1.54, 1.807) is 0 Å². The highest BCUT2D eigenvalue weighted by molar-refractivity contribution is 5.77. The Morgan fingerprint density at radius 3 is 2.71 bits per heavy atom. The number of nitrogens with zero attached hydrogens (tertiary/aromatic N) is 2. The van der Waals surface area contributed by atoms with Crippen molar-refractivity contribution in [1.29, 1.82) is 0 Å². The molecule has 3 saturated heterocycles. The summed E-state index contributed by atoms with van der Waals surface area (Å²) in [5, 5.41) is 12.9. The molecular weight excluding hydrogens is 411 g/mol. The predicted octanol–water partition coefficient (Wildman–Crippen LogP) is 2.57. The van der Waals surface area contributed by atoms with E-state index in [0.29, 0.717) is 19.5 Å². The van der Waals surface area contributed by atoms with Crippen molar-refractivity contribution in [3.05, 3.63) is 23.3 Å². The SMILES string of the molecule is CC1(C(=O)O)CN(C2C=C(C(F)(F)F)C=C(CN3CCCC34CCNCC4)C2)CCO1. The van der Waals surface area contributed by atoms with Crippen LogP contribution in [0.15, 0.2) is 23.3 Å². The molecule has 0 aromatic rings. The monoisotopic (exact) mass is 443 g/mol. The molecule has 0 bridgehead atoms. The third-order valence-electron chi connectivity index (χ3n) is 7.42. The van der Waals surface area contributed by atoms with Crippen molar-refractivity contribution >= 4 is 5.97 Å². The van der Waals surface area contributed by atoms with Gasteiger partial charge in [-0.05, 0) is 64.7 Å². The van der Waals surface area contributed by atoms with Crippen LogP contribution in [0.2, 0.25) is 0 Å². The molecule has 0 saturated carbocycles. The number of ether oxygens (including phenoxy) is 1. The molecule has 3 aliphatic heterocycles. The van der Waals surface area contributed by atoms with Gasteiger partial charge in [0.05, 0.1) is 12.2 Å². The van der Waals surface area contributed by atoms with Crippen LogP contribution in [0, 0.1) is 0 Å². The van der Waals surface area contributed by atoms with Crippen LogP contribution < -0.4 is 5.32 Å². The number of aliphatic carboxylic acids is 1. The van der Waals surface area contributed by atoms with Gasteiger partial charge in [-0.15, -0.1) is 0 Å². The number of piperidine rings is 1. The van der Waals surface area contributed by atoms with E-state index in [1.165, 1.54) is 19.1 Å². The molecule has 2 N–H and O–H groups in total. The van der Waals surface area contributed by atoms with Crippen LogP contribution in [0.25, 0.3) is 0 Å². The van der Waals surface area contributed by atoms with Gasteiger partial charge in [0.1, 0.15) is 0 Å². The summed E-state index contributed by atoms with van der Waals surface area (Å²) in [4.78, 5) is 15.9. The Morgan fingerprint density at radius 2 is 2.03 bits per heavy atom. The van der Waals surface area contributed by atoms with Crippen LogP contribution in [0.3, 0.4) is 0 Å². The lowest BCUT2D eigenvalue weighted by Gasteiger charge is -2.44. The zero-order valence-corrected chi connectivity index (χ0v) is 18.0. The number of likely N-dealkylation sites (tertiary alicyclic amines) is 1. The molecule has 0 radical (unpaired) electrons. The molecule has 3 heterocycles. The Bertz CT molecular complexity index is 761. The minimum atomic E-state index is -4.43. The number of alkyl halides is 3. The normalized spacial score (nSPS) is 32.7. The van der Waals surface area contributed by atoms with Crippen molar-refractivity contribution in [3.63, 3.8) is 0 Å². The zero-order chi connectivity index (χ0) is 22.3. The molecule has 0 aromatic carbocycles. The Balaban J connectivity index is 1.54. The third kappa shape index (κ3) is 4.69. The van der Waals surface area contributed by atoms with Crippen molar-refractivity contribution < 1.29 is 27.8 Å². The van der Waals surface area contributed by atoms with E-state index in [0.717, 1.165) is 50.9 Å². The van der Waals surface area contributed by atoms with Crippen LogP contribution in [0.4, 0.5) is 13.2 Å². The molecule has 9 heteroatoms. The second-order valence-corrected chi connectivity index (χ2v) is 9.55. The average molecular weight is 444 g/mol. The Labute approximate surface area is 181 Å². The van der Waals surface area contributed by atoms with Crippen LogP contribution in [0.1, 0.15) is 39.0 Å². The Morgan fingerprint density at radius 1 is 1.29 bits per heavy atom. The second-order valence-electron chi connectivity index (χ2n) is 9.55. The molecule has 174 valence electrons. The fourth-order valence-corrected chi connectivity index (χ4v) is 5.64. The average Bonchev–Trinajstić information content (AvgIpc) is 3.09. The first-order chi connectivity index (χ1) is 14.6. The van der Waals surface area contributed by atoms with E-state index in [2.05, 4.69) is 10.2 Å². The summed E-state index contributed by atoms with van der Waals surface area (Å²) < 4.78 is 46.6. The lowest BCUT2D eigenvalue weighted by Crippen LogP contribution is -2.57. The molecule has 3 fully saturated rings. The lowest BCUT2D eigenvalue weighted by molar-refractivity contribution is -0.175. The van der Waals surface area contributed by atoms with Crippen molar-refractivity contribution in [3.8, 4) is 0 Å². The number of halogens is 3. The molecule has 2 atom stereocenters. The summed E-state index contributed by atoms with van der Waals surface area (Å²) >= 11 is 0. The third-order valence-corrected chi connectivity index (χ3v) is 7.42. The van der Waals surface area contributed by atoms with Gasteiger partial charge in [-0.1, -0.05) is 11.6 Å².